The van der Waals surface area contributed by atoms with Gasteiger partial charge in [0, 0.05) is 19.7 Å². The van der Waals surface area contributed by atoms with Gasteiger partial charge in [-0.25, -0.2) is 0 Å². The Hall–Kier alpha value is -2.35. The molecule has 0 aliphatic carbocycles. The molecule has 1 unspecified atom stereocenters. The third-order valence-corrected chi connectivity index (χ3v) is 3.43. The first-order valence-electron chi connectivity index (χ1n) is 7.21. The van der Waals surface area contributed by atoms with Crippen LogP contribution >= 0.6 is 0 Å². The maximum absolute atomic E-state index is 12.7. The van der Waals surface area contributed by atoms with Crippen LogP contribution in [0.3, 0.4) is 0 Å². The van der Waals surface area contributed by atoms with Crippen molar-refractivity contribution in [1.82, 2.24) is 10.5 Å². The Morgan fingerprint density at radius 3 is 2.79 bits per heavy atom. The molecule has 24 heavy (non-hydrogen) atoms. The van der Waals surface area contributed by atoms with E-state index in [1.165, 1.54) is 19.2 Å². The summed E-state index contributed by atoms with van der Waals surface area (Å²) in [7, 11) is 1.49. The second kappa shape index (κ2) is 7.48. The Balaban J connectivity index is 1.97. The zero-order valence-corrected chi connectivity index (χ0v) is 13.2. The monoisotopic (exact) mass is 342 g/mol. The third-order valence-electron chi connectivity index (χ3n) is 3.43. The lowest BCUT2D eigenvalue weighted by molar-refractivity contribution is -0.137. The summed E-state index contributed by atoms with van der Waals surface area (Å²) in [4.78, 5) is 12.0. The maximum atomic E-state index is 12.7. The van der Waals surface area contributed by atoms with E-state index in [9.17, 15) is 18.0 Å². The number of amides is 1. The summed E-state index contributed by atoms with van der Waals surface area (Å²) in [5.74, 6) is -0.338. The minimum atomic E-state index is -4.39. The summed E-state index contributed by atoms with van der Waals surface area (Å²) in [6.07, 6.45) is -4.39. The Morgan fingerprint density at radius 1 is 1.38 bits per heavy atom. The molecule has 8 heteroatoms. The molecule has 1 aromatic carbocycles. The van der Waals surface area contributed by atoms with Crippen molar-refractivity contribution >= 4 is 5.91 Å². The van der Waals surface area contributed by atoms with E-state index >= 15 is 0 Å². The molecule has 2 rings (SSSR count). The molecule has 1 aromatic heterocycles. The highest BCUT2D eigenvalue weighted by atomic mass is 19.4. The molecule has 130 valence electrons. The predicted octanol–water partition coefficient (Wildman–Crippen LogP) is 3.37. The van der Waals surface area contributed by atoms with E-state index in [-0.39, 0.29) is 24.8 Å². The van der Waals surface area contributed by atoms with Crippen LogP contribution in [-0.4, -0.2) is 24.7 Å². The van der Waals surface area contributed by atoms with Crippen molar-refractivity contribution in [3.63, 3.8) is 0 Å². The van der Waals surface area contributed by atoms with Crippen LogP contribution in [0.15, 0.2) is 34.9 Å². The average Bonchev–Trinajstić information content (AvgIpc) is 3.00. The van der Waals surface area contributed by atoms with Crippen LogP contribution in [0, 0.1) is 0 Å². The lowest BCUT2D eigenvalue weighted by Crippen LogP contribution is -2.27. The first-order chi connectivity index (χ1) is 11.3. The number of carbonyl (C=O) groups excluding carboxylic acids is 1. The van der Waals surface area contributed by atoms with E-state index < -0.39 is 17.6 Å². The van der Waals surface area contributed by atoms with Crippen LogP contribution in [0.25, 0.3) is 0 Å². The second-order valence-electron chi connectivity index (χ2n) is 5.35. The minimum Gasteiger partial charge on any atom is -0.377 e. The summed E-state index contributed by atoms with van der Waals surface area (Å²) >= 11 is 0. The second-order valence-corrected chi connectivity index (χ2v) is 5.35. The van der Waals surface area contributed by atoms with Crippen molar-refractivity contribution in [2.75, 3.05) is 13.7 Å². The number of halogens is 3. The predicted molar refractivity (Wildman–Crippen MR) is 79.4 cm³/mol. The van der Waals surface area contributed by atoms with Crippen molar-refractivity contribution in [2.45, 2.75) is 25.6 Å². The number of nitrogens with one attached hydrogen (secondary N) is 1. The molecule has 0 saturated carbocycles. The number of rotatable bonds is 6. The summed E-state index contributed by atoms with van der Waals surface area (Å²) in [6, 6.07) is 6.50. The first-order valence-corrected chi connectivity index (χ1v) is 7.21. The standard InChI is InChI=1S/C16H17F3N2O3/c1-10(11-4-3-5-12(6-11)16(17,18)19)8-20-15(22)14-7-13(9-23-2)24-21-14/h3-7,10H,8-9H2,1-2H3,(H,20,22). The van der Waals surface area contributed by atoms with Gasteiger partial charge in [0.25, 0.3) is 5.91 Å². The quantitative estimate of drug-likeness (QED) is 0.874. The van der Waals surface area contributed by atoms with Gasteiger partial charge in [-0.3, -0.25) is 4.79 Å². The Labute approximate surface area is 136 Å². The van der Waals surface area contributed by atoms with Crippen molar-refractivity contribution in [3.05, 3.63) is 52.9 Å². The number of ether oxygens (including phenoxy) is 1. The van der Waals surface area contributed by atoms with Crippen LogP contribution < -0.4 is 5.32 Å². The lowest BCUT2D eigenvalue weighted by Gasteiger charge is -2.14. The van der Waals surface area contributed by atoms with Gasteiger partial charge in [-0.15, -0.1) is 0 Å². The van der Waals surface area contributed by atoms with E-state index in [1.54, 1.807) is 13.0 Å². The van der Waals surface area contributed by atoms with Gasteiger partial charge in [0.2, 0.25) is 0 Å². The van der Waals surface area contributed by atoms with Gasteiger partial charge in [0.15, 0.2) is 11.5 Å². The zero-order chi connectivity index (χ0) is 17.7. The molecule has 0 aliphatic heterocycles. The summed E-state index contributed by atoms with van der Waals surface area (Å²) in [5.41, 5.74) is -0.123. The molecule has 2 aromatic rings. The van der Waals surface area contributed by atoms with Crippen molar-refractivity contribution < 1.29 is 27.2 Å². The number of hydrogen-bond donors (Lipinski definition) is 1. The Bertz CT molecular complexity index is 698. The molecule has 1 amide bonds. The highest BCUT2D eigenvalue weighted by Gasteiger charge is 2.30. The number of nitrogens with zero attached hydrogens (tertiary/aromatic N) is 1. The number of carbonyl (C=O) groups is 1. The van der Waals surface area contributed by atoms with Crippen LogP contribution in [0.5, 0.6) is 0 Å². The molecular weight excluding hydrogens is 325 g/mol. The number of alkyl halides is 3. The smallest absolute Gasteiger partial charge is 0.377 e. The highest BCUT2D eigenvalue weighted by molar-refractivity contribution is 5.92. The topological polar surface area (TPSA) is 64.4 Å². The number of methoxy groups -OCH3 is 1. The largest absolute Gasteiger partial charge is 0.416 e. The maximum Gasteiger partial charge on any atom is 0.416 e. The molecule has 1 atom stereocenters. The van der Waals surface area contributed by atoms with Crippen LogP contribution in [0.4, 0.5) is 13.2 Å². The fraction of sp³-hybridized carbons (Fsp3) is 0.375. The van der Waals surface area contributed by atoms with Gasteiger partial charge >= 0.3 is 6.18 Å². The van der Waals surface area contributed by atoms with Crippen molar-refractivity contribution in [1.29, 1.82) is 0 Å². The molecule has 0 spiro atoms. The van der Waals surface area contributed by atoms with Crippen molar-refractivity contribution in [3.8, 4) is 0 Å². The van der Waals surface area contributed by atoms with Crippen LogP contribution in [0.2, 0.25) is 0 Å². The normalized spacial score (nSPS) is 12.9. The molecule has 1 heterocycles. The molecule has 5 nitrogen and oxygen atoms in total. The van der Waals surface area contributed by atoms with Gasteiger partial charge < -0.3 is 14.6 Å². The van der Waals surface area contributed by atoms with Crippen LogP contribution in [0.1, 0.15) is 40.2 Å². The molecule has 0 aliphatic rings. The Morgan fingerprint density at radius 2 is 2.12 bits per heavy atom. The molecule has 0 saturated heterocycles. The number of aromatic nitrogens is 1. The molecule has 0 radical (unpaired) electrons. The van der Waals surface area contributed by atoms with Gasteiger partial charge in [0.1, 0.15) is 6.61 Å². The van der Waals surface area contributed by atoms with E-state index in [1.807, 2.05) is 0 Å². The average molecular weight is 342 g/mol. The van der Waals surface area contributed by atoms with Crippen molar-refractivity contribution in [2.24, 2.45) is 0 Å². The molecule has 0 bridgehead atoms. The van der Waals surface area contributed by atoms with E-state index in [2.05, 4.69) is 10.5 Å². The minimum absolute atomic E-state index is 0.0956. The number of benzene rings is 1. The molecule has 0 fully saturated rings. The Kier molecular flexibility index (Phi) is 5.61. The lowest BCUT2D eigenvalue weighted by atomic mass is 9.99. The third kappa shape index (κ3) is 4.58. The summed E-state index contributed by atoms with van der Waals surface area (Å²) in [5, 5.41) is 6.24. The zero-order valence-electron chi connectivity index (χ0n) is 13.2. The fourth-order valence-corrected chi connectivity index (χ4v) is 2.11. The molecule has 1 N–H and O–H groups in total. The van der Waals surface area contributed by atoms with Gasteiger partial charge in [0.05, 0.1) is 5.56 Å². The van der Waals surface area contributed by atoms with Crippen LogP contribution in [-0.2, 0) is 17.5 Å². The first kappa shape index (κ1) is 18.0. The van der Waals surface area contributed by atoms with E-state index in [0.29, 0.717) is 11.3 Å². The van der Waals surface area contributed by atoms with Gasteiger partial charge in [-0.1, -0.05) is 30.3 Å². The fourth-order valence-electron chi connectivity index (χ4n) is 2.11. The molecular formula is C16H17F3N2O3. The van der Waals surface area contributed by atoms with Gasteiger partial charge in [-0.2, -0.15) is 13.2 Å². The SMILES string of the molecule is COCc1cc(C(=O)NCC(C)c2cccc(C(F)(F)F)c2)no1. The summed E-state index contributed by atoms with van der Waals surface area (Å²) < 4.78 is 48.0. The number of hydrogen-bond acceptors (Lipinski definition) is 4. The van der Waals surface area contributed by atoms with E-state index in [0.717, 1.165) is 12.1 Å². The van der Waals surface area contributed by atoms with E-state index in [4.69, 9.17) is 9.26 Å². The summed E-state index contributed by atoms with van der Waals surface area (Å²) in [6.45, 7) is 2.10. The highest BCUT2D eigenvalue weighted by Crippen LogP contribution is 2.30. The van der Waals surface area contributed by atoms with Gasteiger partial charge in [-0.05, 0) is 17.5 Å².